The van der Waals surface area contributed by atoms with Gasteiger partial charge in [0.15, 0.2) is 0 Å². The Bertz CT molecular complexity index is 1010. The number of amides is 3. The first-order valence-corrected chi connectivity index (χ1v) is 8.84. The van der Waals surface area contributed by atoms with E-state index in [4.69, 9.17) is 0 Å². The molecule has 1 aliphatic rings. The molecule has 3 rings (SSSR count). The van der Waals surface area contributed by atoms with E-state index in [0.29, 0.717) is 16.9 Å². The molecular weight excluding hydrogens is 435 g/mol. The average molecular weight is 449 g/mol. The highest BCUT2D eigenvalue weighted by Crippen LogP contribution is 2.33. The third-order valence-corrected chi connectivity index (χ3v) is 4.79. The number of carbonyl (C=O) groups is 2. The van der Waals surface area contributed by atoms with Crippen LogP contribution in [0.15, 0.2) is 58.2 Å². The van der Waals surface area contributed by atoms with Gasteiger partial charge < -0.3 is 16.0 Å². The predicted molar refractivity (Wildman–Crippen MR) is 103 cm³/mol. The molecule has 0 radical (unpaired) electrons. The number of rotatable bonds is 4. The topological polar surface area (TPSA) is 113 Å². The summed E-state index contributed by atoms with van der Waals surface area (Å²) in [5.74, 6) is -0.979. The van der Waals surface area contributed by atoms with Gasteiger partial charge in [-0.3, -0.25) is 14.9 Å². The number of urea groups is 1. The lowest BCUT2D eigenvalue weighted by Crippen LogP contribution is -2.46. The second kappa shape index (κ2) is 7.77. The first kappa shape index (κ1) is 19.5. The molecule has 0 spiro atoms. The fraction of sp³-hybridized carbons (Fsp3) is 0.111. The number of hydrogen-bond donors (Lipinski definition) is 3. The number of carbonyl (C=O) groups excluding carboxylic acids is 2. The highest BCUT2D eigenvalue weighted by Gasteiger charge is 2.32. The Hall–Kier alpha value is -3.27. The first-order valence-electron chi connectivity index (χ1n) is 8.05. The minimum Gasteiger partial charge on any atom is -0.327 e. The number of hydrogen-bond acceptors (Lipinski definition) is 4. The van der Waals surface area contributed by atoms with Crippen LogP contribution in [0.2, 0.25) is 0 Å². The summed E-state index contributed by atoms with van der Waals surface area (Å²) in [5, 5.41) is 19.0. The molecule has 2 aromatic carbocycles. The Labute approximate surface area is 167 Å². The van der Waals surface area contributed by atoms with Crippen molar-refractivity contribution >= 4 is 39.2 Å². The van der Waals surface area contributed by atoms with Crippen LogP contribution >= 0.6 is 15.9 Å². The van der Waals surface area contributed by atoms with Crippen molar-refractivity contribution in [1.29, 1.82) is 0 Å². The van der Waals surface area contributed by atoms with E-state index in [1.165, 1.54) is 36.4 Å². The molecule has 0 bridgehead atoms. The molecule has 1 unspecified atom stereocenters. The van der Waals surface area contributed by atoms with Gasteiger partial charge in [0.1, 0.15) is 5.82 Å². The van der Waals surface area contributed by atoms with Crippen LogP contribution < -0.4 is 16.0 Å². The highest BCUT2D eigenvalue weighted by atomic mass is 79.9. The maximum atomic E-state index is 13.1. The molecule has 144 valence electrons. The van der Waals surface area contributed by atoms with Crippen LogP contribution in [0.25, 0.3) is 0 Å². The van der Waals surface area contributed by atoms with Crippen molar-refractivity contribution in [1.82, 2.24) is 10.6 Å². The zero-order valence-corrected chi connectivity index (χ0v) is 16.0. The molecule has 0 fully saturated rings. The van der Waals surface area contributed by atoms with E-state index in [1.54, 1.807) is 13.0 Å². The van der Waals surface area contributed by atoms with Crippen LogP contribution in [0.3, 0.4) is 0 Å². The van der Waals surface area contributed by atoms with Gasteiger partial charge in [-0.15, -0.1) is 0 Å². The largest absolute Gasteiger partial charge is 0.327 e. The SMILES string of the molecule is CC1=C(C(=O)Nc2ccc(F)cc2)C(c2ccc(Br)c([N+](=O)[O-])c2)NC(=O)N1. The second-order valence-electron chi connectivity index (χ2n) is 6.00. The van der Waals surface area contributed by atoms with Crippen LogP contribution in [0.4, 0.5) is 20.6 Å². The van der Waals surface area contributed by atoms with E-state index in [-0.39, 0.29) is 15.7 Å². The standard InChI is InChI=1S/C18H14BrFN4O4/c1-9-15(17(25)22-12-5-3-11(20)4-6-12)16(23-18(26)21-9)10-2-7-13(19)14(8-10)24(27)28/h2-8,16H,1H3,(H,22,25)(H2,21,23,26). The quantitative estimate of drug-likeness (QED) is 0.487. The summed E-state index contributed by atoms with van der Waals surface area (Å²) >= 11 is 3.11. The van der Waals surface area contributed by atoms with Gasteiger partial charge in [0, 0.05) is 17.5 Å². The third-order valence-electron chi connectivity index (χ3n) is 4.12. The first-order chi connectivity index (χ1) is 13.3. The number of nitrogens with zero attached hydrogens (tertiary/aromatic N) is 1. The van der Waals surface area contributed by atoms with Crippen molar-refractivity contribution in [3.63, 3.8) is 0 Å². The lowest BCUT2D eigenvalue weighted by molar-refractivity contribution is -0.385. The van der Waals surface area contributed by atoms with Crippen molar-refractivity contribution in [2.45, 2.75) is 13.0 Å². The molecule has 8 nitrogen and oxygen atoms in total. The van der Waals surface area contributed by atoms with Crippen LogP contribution in [0.5, 0.6) is 0 Å². The summed E-state index contributed by atoms with van der Waals surface area (Å²) in [4.78, 5) is 35.4. The van der Waals surface area contributed by atoms with Gasteiger partial charge >= 0.3 is 6.03 Å². The maximum absolute atomic E-state index is 13.1. The van der Waals surface area contributed by atoms with Gasteiger partial charge in [0.2, 0.25) is 0 Å². The summed E-state index contributed by atoms with van der Waals surface area (Å²) in [5.41, 5.74) is 1.03. The van der Waals surface area contributed by atoms with Gasteiger partial charge in [0.05, 0.1) is 21.0 Å². The summed E-state index contributed by atoms with van der Waals surface area (Å²) in [7, 11) is 0. The molecular formula is C18H14BrFN4O4. The highest BCUT2D eigenvalue weighted by molar-refractivity contribution is 9.10. The number of nitro benzene ring substituents is 1. The minimum atomic E-state index is -0.902. The number of nitrogens with one attached hydrogen (secondary N) is 3. The molecule has 10 heteroatoms. The van der Waals surface area contributed by atoms with Crippen molar-refractivity contribution in [2.75, 3.05) is 5.32 Å². The lowest BCUT2D eigenvalue weighted by Gasteiger charge is -2.28. The van der Waals surface area contributed by atoms with Crippen LogP contribution in [-0.2, 0) is 4.79 Å². The van der Waals surface area contributed by atoms with Gasteiger partial charge in [-0.25, -0.2) is 9.18 Å². The number of allylic oxidation sites excluding steroid dienone is 1. The monoisotopic (exact) mass is 448 g/mol. The smallest absolute Gasteiger partial charge is 0.319 e. The second-order valence-corrected chi connectivity index (χ2v) is 6.85. The summed E-state index contributed by atoms with van der Waals surface area (Å²) in [6.07, 6.45) is 0. The Kier molecular flexibility index (Phi) is 5.41. The van der Waals surface area contributed by atoms with Crippen LogP contribution in [0, 0.1) is 15.9 Å². The van der Waals surface area contributed by atoms with Gasteiger partial charge in [-0.05, 0) is 58.7 Å². The van der Waals surface area contributed by atoms with E-state index < -0.39 is 28.7 Å². The molecule has 0 aromatic heterocycles. The fourth-order valence-corrected chi connectivity index (χ4v) is 3.22. The summed E-state index contributed by atoms with van der Waals surface area (Å²) in [6, 6.07) is 8.11. The lowest BCUT2D eigenvalue weighted by atomic mass is 9.94. The Morgan fingerprint density at radius 2 is 1.93 bits per heavy atom. The van der Waals surface area contributed by atoms with Crippen molar-refractivity contribution < 1.29 is 18.9 Å². The molecule has 28 heavy (non-hydrogen) atoms. The molecule has 1 heterocycles. The molecule has 3 N–H and O–H groups in total. The fourth-order valence-electron chi connectivity index (χ4n) is 2.83. The molecule has 1 atom stereocenters. The zero-order chi connectivity index (χ0) is 20.4. The van der Waals surface area contributed by atoms with Gasteiger partial charge in [-0.1, -0.05) is 6.07 Å². The van der Waals surface area contributed by atoms with E-state index in [2.05, 4.69) is 31.9 Å². The van der Waals surface area contributed by atoms with E-state index >= 15 is 0 Å². The number of nitro groups is 1. The van der Waals surface area contributed by atoms with E-state index in [1.807, 2.05) is 0 Å². The molecule has 0 saturated carbocycles. The van der Waals surface area contributed by atoms with E-state index in [0.717, 1.165) is 0 Å². The van der Waals surface area contributed by atoms with E-state index in [9.17, 15) is 24.1 Å². The Morgan fingerprint density at radius 3 is 2.57 bits per heavy atom. The van der Waals surface area contributed by atoms with Crippen molar-refractivity contribution in [3.05, 3.63) is 79.7 Å². The molecule has 1 aliphatic heterocycles. The average Bonchev–Trinajstić information content (AvgIpc) is 2.63. The normalized spacial score (nSPS) is 16.2. The van der Waals surface area contributed by atoms with Gasteiger partial charge in [0.25, 0.3) is 11.6 Å². The molecule has 0 aliphatic carbocycles. The summed E-state index contributed by atoms with van der Waals surface area (Å²) < 4.78 is 13.3. The number of halogens is 2. The predicted octanol–water partition coefficient (Wildman–Crippen LogP) is 3.76. The molecule has 0 saturated heterocycles. The summed E-state index contributed by atoms with van der Waals surface area (Å²) in [6.45, 7) is 1.55. The number of benzene rings is 2. The van der Waals surface area contributed by atoms with Crippen LogP contribution in [-0.4, -0.2) is 16.9 Å². The minimum absolute atomic E-state index is 0.181. The maximum Gasteiger partial charge on any atom is 0.319 e. The van der Waals surface area contributed by atoms with Crippen molar-refractivity contribution in [2.24, 2.45) is 0 Å². The molecule has 2 aromatic rings. The Balaban J connectivity index is 1.99. The molecule has 3 amide bonds. The zero-order valence-electron chi connectivity index (χ0n) is 14.5. The van der Waals surface area contributed by atoms with Crippen molar-refractivity contribution in [3.8, 4) is 0 Å². The number of anilines is 1. The Morgan fingerprint density at radius 1 is 1.25 bits per heavy atom. The third kappa shape index (κ3) is 4.01. The van der Waals surface area contributed by atoms with Gasteiger partial charge in [-0.2, -0.15) is 0 Å². The van der Waals surface area contributed by atoms with Crippen LogP contribution in [0.1, 0.15) is 18.5 Å².